The first-order valence-corrected chi connectivity index (χ1v) is 6.13. The summed E-state index contributed by atoms with van der Waals surface area (Å²) in [5, 5.41) is 3.86. The quantitative estimate of drug-likeness (QED) is 0.855. The largest absolute Gasteiger partial charge is 0.433 e. The zero-order valence-electron chi connectivity index (χ0n) is 11.8. The number of halogens is 3. The van der Waals surface area contributed by atoms with Crippen molar-refractivity contribution in [3.8, 4) is 11.3 Å². The number of nitrogens with zero attached hydrogens (tertiary/aromatic N) is 3. The maximum absolute atomic E-state index is 12.8. The first-order valence-electron chi connectivity index (χ1n) is 6.13. The molecule has 0 saturated carbocycles. The topological polar surface area (TPSA) is 38.1 Å². The number of hydrogen-bond acceptors (Lipinski definition) is 2. The Morgan fingerprint density at radius 2 is 1.90 bits per heavy atom. The third kappa shape index (κ3) is 3.07. The molecule has 2 aromatic rings. The minimum absolute atomic E-state index is 0.179. The van der Waals surface area contributed by atoms with Crippen molar-refractivity contribution in [2.24, 2.45) is 7.05 Å². The summed E-state index contributed by atoms with van der Waals surface area (Å²) in [6, 6.07) is 7.35. The molecule has 0 radical (unpaired) electrons. The Morgan fingerprint density at radius 1 is 1.24 bits per heavy atom. The number of aryl methyl sites for hydroxylation is 1. The van der Waals surface area contributed by atoms with E-state index in [2.05, 4.69) is 5.10 Å². The summed E-state index contributed by atoms with van der Waals surface area (Å²) in [6.07, 6.45) is -4.46. The van der Waals surface area contributed by atoms with Gasteiger partial charge in [0.15, 0.2) is 0 Å². The standard InChI is InChI=1S/C14H14F3N3O/c1-19(2)13(21)10-6-4-5-9(7-10)11-8-12(14(15,16)17)20(3)18-11/h4-8H,1-3H3. The van der Waals surface area contributed by atoms with Crippen LogP contribution in [0, 0.1) is 0 Å². The SMILES string of the molecule is CN(C)C(=O)c1cccc(-c2cc(C(F)(F)F)n(C)n2)c1. The molecule has 1 aromatic heterocycles. The van der Waals surface area contributed by atoms with Crippen molar-refractivity contribution in [2.75, 3.05) is 14.1 Å². The number of carbonyl (C=O) groups excluding carboxylic acids is 1. The second-order valence-corrected chi connectivity index (χ2v) is 4.82. The normalized spacial score (nSPS) is 11.5. The molecular formula is C14H14F3N3O. The fraction of sp³-hybridized carbons (Fsp3) is 0.286. The van der Waals surface area contributed by atoms with Crippen molar-refractivity contribution < 1.29 is 18.0 Å². The van der Waals surface area contributed by atoms with Gasteiger partial charge in [0, 0.05) is 32.3 Å². The van der Waals surface area contributed by atoms with Gasteiger partial charge in [0.1, 0.15) is 5.69 Å². The van der Waals surface area contributed by atoms with Crippen molar-refractivity contribution in [2.45, 2.75) is 6.18 Å². The van der Waals surface area contributed by atoms with E-state index < -0.39 is 11.9 Å². The molecule has 0 aliphatic rings. The highest BCUT2D eigenvalue weighted by molar-refractivity contribution is 5.95. The summed E-state index contributed by atoms with van der Waals surface area (Å²) in [4.78, 5) is 13.3. The lowest BCUT2D eigenvalue weighted by molar-refractivity contribution is -0.143. The average molecular weight is 297 g/mol. The Bertz CT molecular complexity index is 674. The molecule has 1 heterocycles. The molecule has 0 saturated heterocycles. The van der Waals surface area contributed by atoms with Crippen molar-refractivity contribution in [1.82, 2.24) is 14.7 Å². The third-order valence-electron chi connectivity index (χ3n) is 2.98. The Kier molecular flexibility index (Phi) is 3.76. The van der Waals surface area contributed by atoms with Crippen molar-refractivity contribution >= 4 is 5.91 Å². The maximum Gasteiger partial charge on any atom is 0.433 e. The molecule has 21 heavy (non-hydrogen) atoms. The van der Waals surface area contributed by atoms with Gasteiger partial charge in [-0.25, -0.2) is 0 Å². The number of hydrogen-bond donors (Lipinski definition) is 0. The van der Waals surface area contributed by atoms with E-state index in [9.17, 15) is 18.0 Å². The molecule has 4 nitrogen and oxygen atoms in total. The van der Waals surface area contributed by atoms with Crippen LogP contribution in [0.3, 0.4) is 0 Å². The molecule has 0 N–H and O–H groups in total. The van der Waals surface area contributed by atoms with E-state index in [-0.39, 0.29) is 11.6 Å². The minimum atomic E-state index is -4.46. The number of rotatable bonds is 2. The van der Waals surface area contributed by atoms with E-state index in [1.165, 1.54) is 18.0 Å². The lowest BCUT2D eigenvalue weighted by atomic mass is 10.1. The second kappa shape index (κ2) is 5.23. The van der Waals surface area contributed by atoms with Crippen molar-refractivity contribution in [1.29, 1.82) is 0 Å². The summed E-state index contributed by atoms with van der Waals surface area (Å²) in [5.41, 5.74) is 0.214. The van der Waals surface area contributed by atoms with Crippen molar-refractivity contribution in [3.63, 3.8) is 0 Å². The van der Waals surface area contributed by atoms with Crippen LogP contribution in [0.4, 0.5) is 13.2 Å². The molecule has 2 rings (SSSR count). The van der Waals surface area contributed by atoms with Crippen LogP contribution in [0.2, 0.25) is 0 Å². The van der Waals surface area contributed by atoms with Gasteiger partial charge in [0.25, 0.3) is 5.91 Å². The molecule has 112 valence electrons. The molecular weight excluding hydrogens is 283 g/mol. The van der Waals surface area contributed by atoms with Crippen LogP contribution in [-0.4, -0.2) is 34.7 Å². The van der Waals surface area contributed by atoms with Gasteiger partial charge in [-0.05, 0) is 18.2 Å². The molecule has 7 heteroatoms. The maximum atomic E-state index is 12.8. The summed E-state index contributed by atoms with van der Waals surface area (Å²) in [6.45, 7) is 0. The van der Waals surface area contributed by atoms with Gasteiger partial charge in [-0.2, -0.15) is 18.3 Å². The van der Waals surface area contributed by atoms with Crippen LogP contribution in [0.25, 0.3) is 11.3 Å². The van der Waals surface area contributed by atoms with Gasteiger partial charge in [-0.15, -0.1) is 0 Å². The molecule has 0 atom stereocenters. The Morgan fingerprint density at radius 3 is 2.43 bits per heavy atom. The van der Waals surface area contributed by atoms with Crippen LogP contribution in [0.1, 0.15) is 16.1 Å². The lowest BCUT2D eigenvalue weighted by Crippen LogP contribution is -2.21. The number of alkyl halides is 3. The molecule has 0 aliphatic heterocycles. The summed E-state index contributed by atoms with van der Waals surface area (Å²) >= 11 is 0. The van der Waals surface area contributed by atoms with E-state index in [1.54, 1.807) is 32.3 Å². The summed E-state index contributed by atoms with van der Waals surface area (Å²) in [5.74, 6) is -0.219. The molecule has 0 spiro atoms. The van der Waals surface area contributed by atoms with E-state index in [0.717, 1.165) is 10.7 Å². The van der Waals surface area contributed by atoms with Crippen LogP contribution >= 0.6 is 0 Å². The highest BCUT2D eigenvalue weighted by Gasteiger charge is 2.35. The molecule has 0 fully saturated rings. The summed E-state index contributed by atoms with van der Waals surface area (Å²) < 4.78 is 39.1. The fourth-order valence-corrected chi connectivity index (χ4v) is 1.94. The van der Waals surface area contributed by atoms with Gasteiger partial charge < -0.3 is 4.90 Å². The predicted molar refractivity (Wildman–Crippen MR) is 71.7 cm³/mol. The first kappa shape index (κ1) is 15.1. The highest BCUT2D eigenvalue weighted by atomic mass is 19.4. The number of amides is 1. The van der Waals surface area contributed by atoms with Crippen LogP contribution < -0.4 is 0 Å². The van der Waals surface area contributed by atoms with Crippen molar-refractivity contribution in [3.05, 3.63) is 41.6 Å². The van der Waals surface area contributed by atoms with Gasteiger partial charge in [0.2, 0.25) is 0 Å². The Hall–Kier alpha value is -2.31. The molecule has 1 amide bonds. The smallest absolute Gasteiger partial charge is 0.345 e. The molecule has 0 bridgehead atoms. The minimum Gasteiger partial charge on any atom is -0.345 e. The number of aromatic nitrogens is 2. The third-order valence-corrected chi connectivity index (χ3v) is 2.98. The van der Waals surface area contributed by atoms with Crippen LogP contribution in [0.15, 0.2) is 30.3 Å². The van der Waals surface area contributed by atoms with Gasteiger partial charge >= 0.3 is 6.18 Å². The Labute approximate surface area is 119 Å². The molecule has 0 unspecified atom stereocenters. The fourth-order valence-electron chi connectivity index (χ4n) is 1.94. The first-order chi connectivity index (χ1) is 9.70. The summed E-state index contributed by atoms with van der Waals surface area (Å²) in [7, 11) is 4.45. The van der Waals surface area contributed by atoms with E-state index in [1.807, 2.05) is 0 Å². The zero-order valence-corrected chi connectivity index (χ0v) is 11.8. The van der Waals surface area contributed by atoms with E-state index >= 15 is 0 Å². The Balaban J connectivity index is 2.44. The highest BCUT2D eigenvalue weighted by Crippen LogP contribution is 2.32. The monoisotopic (exact) mass is 297 g/mol. The number of benzene rings is 1. The van der Waals surface area contributed by atoms with Crippen LogP contribution in [-0.2, 0) is 13.2 Å². The second-order valence-electron chi connectivity index (χ2n) is 4.82. The van der Waals surface area contributed by atoms with Crippen LogP contribution in [0.5, 0.6) is 0 Å². The lowest BCUT2D eigenvalue weighted by Gasteiger charge is -2.10. The predicted octanol–water partition coefficient (Wildman–Crippen LogP) is 2.81. The van der Waals surface area contributed by atoms with Gasteiger partial charge in [-0.1, -0.05) is 12.1 Å². The van der Waals surface area contributed by atoms with Gasteiger partial charge in [-0.3, -0.25) is 9.48 Å². The number of carbonyl (C=O) groups is 1. The molecule has 1 aromatic carbocycles. The zero-order chi connectivity index (χ0) is 15.8. The van der Waals surface area contributed by atoms with E-state index in [0.29, 0.717) is 11.1 Å². The average Bonchev–Trinajstić information content (AvgIpc) is 2.80. The van der Waals surface area contributed by atoms with E-state index in [4.69, 9.17) is 0 Å². The molecule has 0 aliphatic carbocycles. The van der Waals surface area contributed by atoms with Gasteiger partial charge in [0.05, 0.1) is 5.69 Å².